The molecule has 2 N–H and O–H groups in total. The van der Waals surface area contributed by atoms with E-state index in [1.165, 1.54) is 12.0 Å². The molecule has 0 aliphatic carbocycles. The minimum atomic E-state index is -0.140. The highest BCUT2D eigenvalue weighted by Gasteiger charge is 2.25. The van der Waals surface area contributed by atoms with E-state index in [9.17, 15) is 4.79 Å². The molecule has 5 nitrogen and oxygen atoms in total. The van der Waals surface area contributed by atoms with E-state index in [-0.39, 0.29) is 12.1 Å². The van der Waals surface area contributed by atoms with E-state index in [1.807, 2.05) is 19.1 Å². The minimum absolute atomic E-state index is 0.0687. The number of rotatable bonds is 4. The van der Waals surface area contributed by atoms with E-state index in [1.54, 1.807) is 0 Å². The number of hydrogen-bond acceptors (Lipinski definition) is 3. The van der Waals surface area contributed by atoms with Gasteiger partial charge in [0, 0.05) is 18.7 Å². The first-order valence-electron chi connectivity index (χ1n) is 8.11. The number of carbonyl (C=O) groups excluding carboxylic acids is 1. The molecule has 1 aromatic rings. The summed E-state index contributed by atoms with van der Waals surface area (Å²) in [6.07, 6.45) is 4.67. The average molecular weight is 304 g/mol. The Kier molecular flexibility index (Phi) is 4.83. The van der Waals surface area contributed by atoms with Crippen molar-refractivity contribution < 1.29 is 14.3 Å². The molecule has 0 saturated carbocycles. The number of fused-ring (bicyclic) bond motifs is 1. The zero-order valence-electron chi connectivity index (χ0n) is 13.1. The first-order chi connectivity index (χ1) is 10.7. The monoisotopic (exact) mass is 304 g/mol. The van der Waals surface area contributed by atoms with Crippen molar-refractivity contribution in [3.63, 3.8) is 0 Å². The van der Waals surface area contributed by atoms with Crippen LogP contribution in [-0.2, 0) is 4.74 Å². The second-order valence-corrected chi connectivity index (χ2v) is 6.08. The van der Waals surface area contributed by atoms with Crippen molar-refractivity contribution in [2.75, 3.05) is 19.8 Å². The van der Waals surface area contributed by atoms with Crippen LogP contribution >= 0.6 is 0 Å². The third-order valence-electron chi connectivity index (χ3n) is 4.28. The molecule has 2 heterocycles. The summed E-state index contributed by atoms with van der Waals surface area (Å²) in [5, 5.41) is 5.90. The van der Waals surface area contributed by atoms with E-state index in [0.717, 1.165) is 37.2 Å². The summed E-state index contributed by atoms with van der Waals surface area (Å²) in [5.41, 5.74) is 2.23. The molecule has 3 rings (SSSR count). The van der Waals surface area contributed by atoms with Gasteiger partial charge < -0.3 is 20.1 Å². The van der Waals surface area contributed by atoms with Crippen molar-refractivity contribution >= 4 is 6.03 Å². The molecule has 1 aromatic carbocycles. The molecule has 0 bridgehead atoms. The largest absolute Gasteiger partial charge is 0.491 e. The second-order valence-electron chi connectivity index (χ2n) is 6.08. The molecule has 0 spiro atoms. The summed E-state index contributed by atoms with van der Waals surface area (Å²) in [7, 11) is 0. The normalized spacial score (nSPS) is 23.5. The number of nitrogens with one attached hydrogen (secondary N) is 2. The van der Waals surface area contributed by atoms with Gasteiger partial charge in [-0.3, -0.25) is 0 Å². The van der Waals surface area contributed by atoms with Crippen LogP contribution < -0.4 is 15.4 Å². The highest BCUT2D eigenvalue weighted by molar-refractivity contribution is 5.74. The van der Waals surface area contributed by atoms with Gasteiger partial charge in [0.15, 0.2) is 0 Å². The Morgan fingerprint density at radius 3 is 3.09 bits per heavy atom. The lowest BCUT2D eigenvalue weighted by atomic mass is 10.1. The molecule has 0 radical (unpaired) electrons. The predicted octanol–water partition coefficient (Wildman–Crippen LogP) is 2.69. The first kappa shape index (κ1) is 15.2. The van der Waals surface area contributed by atoms with E-state index in [0.29, 0.717) is 19.3 Å². The number of amides is 2. The van der Waals surface area contributed by atoms with E-state index < -0.39 is 0 Å². The van der Waals surface area contributed by atoms with Crippen molar-refractivity contribution in [2.24, 2.45) is 0 Å². The van der Waals surface area contributed by atoms with Crippen molar-refractivity contribution in [1.82, 2.24) is 10.6 Å². The van der Waals surface area contributed by atoms with Crippen LogP contribution in [0, 0.1) is 6.92 Å². The standard InChI is InChI=1S/C17H24N2O3/c1-12-5-6-16-14(10-12)15(11-22-16)19-17(20)18-8-7-13-4-2-3-9-21-13/h5-6,10,13,15H,2-4,7-9,11H2,1H3,(H2,18,19,20). The summed E-state index contributed by atoms with van der Waals surface area (Å²) < 4.78 is 11.3. The Hall–Kier alpha value is -1.75. The Morgan fingerprint density at radius 2 is 2.27 bits per heavy atom. The molecule has 2 aliphatic rings. The Bertz CT molecular complexity index is 527. The average Bonchev–Trinajstić information content (AvgIpc) is 2.90. The minimum Gasteiger partial charge on any atom is -0.491 e. The Morgan fingerprint density at radius 1 is 1.36 bits per heavy atom. The van der Waals surface area contributed by atoms with Crippen molar-refractivity contribution in [3.8, 4) is 5.75 Å². The maximum Gasteiger partial charge on any atom is 0.315 e. The molecular formula is C17H24N2O3. The molecule has 0 aromatic heterocycles. The molecule has 5 heteroatoms. The quantitative estimate of drug-likeness (QED) is 0.899. The summed E-state index contributed by atoms with van der Waals surface area (Å²) in [5.74, 6) is 0.867. The van der Waals surface area contributed by atoms with Crippen LogP contribution in [0.15, 0.2) is 18.2 Å². The predicted molar refractivity (Wildman–Crippen MR) is 84.2 cm³/mol. The Labute approximate surface area is 131 Å². The fourth-order valence-electron chi connectivity index (χ4n) is 3.04. The van der Waals surface area contributed by atoms with Gasteiger partial charge in [-0.1, -0.05) is 17.7 Å². The van der Waals surface area contributed by atoms with Crippen molar-refractivity contribution in [2.45, 2.75) is 44.8 Å². The molecule has 2 aliphatic heterocycles. The summed E-state index contributed by atoms with van der Waals surface area (Å²) in [6.45, 7) is 4.04. The zero-order chi connectivity index (χ0) is 15.4. The topological polar surface area (TPSA) is 59.6 Å². The molecule has 2 atom stereocenters. The highest BCUT2D eigenvalue weighted by Crippen LogP contribution is 2.32. The maximum absolute atomic E-state index is 12.0. The van der Waals surface area contributed by atoms with E-state index in [2.05, 4.69) is 16.7 Å². The van der Waals surface area contributed by atoms with Gasteiger partial charge in [-0.25, -0.2) is 4.79 Å². The number of urea groups is 1. The molecule has 1 saturated heterocycles. The van der Waals surface area contributed by atoms with Crippen molar-refractivity contribution in [1.29, 1.82) is 0 Å². The first-order valence-corrected chi connectivity index (χ1v) is 8.11. The van der Waals surface area contributed by atoms with Gasteiger partial charge in [0.2, 0.25) is 0 Å². The van der Waals surface area contributed by atoms with E-state index >= 15 is 0 Å². The summed E-state index contributed by atoms with van der Waals surface area (Å²) in [6, 6.07) is 5.85. The molecule has 2 amide bonds. The molecular weight excluding hydrogens is 280 g/mol. The van der Waals surface area contributed by atoms with Crippen LogP contribution in [0.5, 0.6) is 5.75 Å². The zero-order valence-corrected chi connectivity index (χ0v) is 13.1. The molecule has 1 fully saturated rings. The van der Waals surface area contributed by atoms with Crippen LogP contribution in [0.1, 0.15) is 42.9 Å². The van der Waals surface area contributed by atoms with Crippen LogP contribution in [0.4, 0.5) is 4.79 Å². The Balaban J connectivity index is 1.44. The smallest absolute Gasteiger partial charge is 0.315 e. The molecule has 22 heavy (non-hydrogen) atoms. The number of hydrogen-bond donors (Lipinski definition) is 2. The number of aryl methyl sites for hydroxylation is 1. The van der Waals surface area contributed by atoms with Gasteiger partial charge in [-0.05, 0) is 38.7 Å². The summed E-state index contributed by atoms with van der Waals surface area (Å²) >= 11 is 0. The SMILES string of the molecule is Cc1ccc2c(c1)C(NC(=O)NCCC1CCCCO1)CO2. The lowest BCUT2D eigenvalue weighted by molar-refractivity contribution is 0.0120. The van der Waals surface area contributed by atoms with Crippen LogP contribution in [0.25, 0.3) is 0 Å². The van der Waals surface area contributed by atoms with Gasteiger partial charge >= 0.3 is 6.03 Å². The summed E-state index contributed by atoms with van der Waals surface area (Å²) in [4.78, 5) is 12.0. The lowest BCUT2D eigenvalue weighted by Gasteiger charge is -2.22. The lowest BCUT2D eigenvalue weighted by Crippen LogP contribution is -2.40. The molecule has 2 unspecified atom stereocenters. The van der Waals surface area contributed by atoms with Gasteiger partial charge in [-0.2, -0.15) is 0 Å². The van der Waals surface area contributed by atoms with Crippen LogP contribution in [-0.4, -0.2) is 31.9 Å². The number of benzene rings is 1. The van der Waals surface area contributed by atoms with Gasteiger partial charge in [-0.15, -0.1) is 0 Å². The number of ether oxygens (including phenoxy) is 2. The van der Waals surface area contributed by atoms with Crippen LogP contribution in [0.2, 0.25) is 0 Å². The number of carbonyl (C=O) groups is 1. The van der Waals surface area contributed by atoms with E-state index in [4.69, 9.17) is 9.47 Å². The highest BCUT2D eigenvalue weighted by atomic mass is 16.5. The van der Waals surface area contributed by atoms with Crippen molar-refractivity contribution in [3.05, 3.63) is 29.3 Å². The van der Waals surface area contributed by atoms with Crippen LogP contribution in [0.3, 0.4) is 0 Å². The maximum atomic E-state index is 12.0. The fraction of sp³-hybridized carbons (Fsp3) is 0.588. The van der Waals surface area contributed by atoms with Gasteiger partial charge in [0.1, 0.15) is 12.4 Å². The molecule has 120 valence electrons. The third-order valence-corrected chi connectivity index (χ3v) is 4.28. The second kappa shape index (κ2) is 7.01. The third kappa shape index (κ3) is 3.71. The van der Waals surface area contributed by atoms with Gasteiger partial charge in [0.25, 0.3) is 0 Å². The fourth-order valence-corrected chi connectivity index (χ4v) is 3.04. The van der Waals surface area contributed by atoms with Gasteiger partial charge in [0.05, 0.1) is 12.1 Å².